The van der Waals surface area contributed by atoms with Gasteiger partial charge < -0.3 is 19.9 Å². The molecule has 0 aliphatic carbocycles. The third-order valence-electron chi connectivity index (χ3n) is 4.98. The summed E-state index contributed by atoms with van der Waals surface area (Å²) in [6.07, 6.45) is 0.423. The minimum absolute atomic E-state index is 0.152. The van der Waals surface area contributed by atoms with Crippen molar-refractivity contribution < 1.29 is 33.8 Å². The molecule has 2 aromatic carbocycles. The van der Waals surface area contributed by atoms with E-state index in [4.69, 9.17) is 14.6 Å². The molecule has 1 heterocycles. The third-order valence-corrected chi connectivity index (χ3v) is 5.89. The highest BCUT2D eigenvalue weighted by Gasteiger charge is 2.36. The third kappa shape index (κ3) is 5.76. The highest BCUT2D eigenvalue weighted by molar-refractivity contribution is 8.18. The Morgan fingerprint density at radius 3 is 2.56 bits per heavy atom. The standard InChI is InChI=1S/C24H24N2O7S/c1-13-5-6-14(2)17(9-13)25-21(27)12-26-22(28)20(34-24(26)31)11-16-7-8-18(19(10-16)32-4)33-15(3)23(29)30/h5-11,15H,12H2,1-4H3,(H,25,27)(H,29,30)/b20-11+/t15-/m1/s1. The van der Waals surface area contributed by atoms with Gasteiger partial charge in [0.15, 0.2) is 17.6 Å². The number of aryl methyl sites for hydroxylation is 2. The van der Waals surface area contributed by atoms with Crippen molar-refractivity contribution in [2.45, 2.75) is 26.9 Å². The minimum atomic E-state index is -1.12. The summed E-state index contributed by atoms with van der Waals surface area (Å²) in [5.41, 5.74) is 3.00. The van der Waals surface area contributed by atoms with Crippen LogP contribution >= 0.6 is 11.8 Å². The van der Waals surface area contributed by atoms with Gasteiger partial charge in [0.25, 0.3) is 11.1 Å². The van der Waals surface area contributed by atoms with Crippen LogP contribution in [-0.2, 0) is 14.4 Å². The molecule has 0 spiro atoms. The number of carbonyl (C=O) groups excluding carboxylic acids is 3. The SMILES string of the molecule is COc1cc(/C=C2/SC(=O)N(CC(=O)Nc3cc(C)ccc3C)C2=O)ccc1O[C@H](C)C(=O)O. The monoisotopic (exact) mass is 484 g/mol. The number of amides is 3. The van der Waals surface area contributed by atoms with Crippen molar-refractivity contribution in [3.8, 4) is 11.5 Å². The zero-order valence-corrected chi connectivity index (χ0v) is 19.9. The van der Waals surface area contributed by atoms with Crippen LogP contribution in [0.4, 0.5) is 10.5 Å². The van der Waals surface area contributed by atoms with Crippen LogP contribution in [0.5, 0.6) is 11.5 Å². The molecule has 1 aliphatic rings. The number of anilines is 1. The molecule has 0 saturated carbocycles. The quantitative estimate of drug-likeness (QED) is 0.542. The molecule has 2 aromatic rings. The van der Waals surface area contributed by atoms with Gasteiger partial charge in [0.05, 0.1) is 12.0 Å². The lowest BCUT2D eigenvalue weighted by Gasteiger charge is -2.14. The second-order valence-electron chi connectivity index (χ2n) is 7.64. The highest BCUT2D eigenvalue weighted by atomic mass is 32.2. The predicted molar refractivity (Wildman–Crippen MR) is 128 cm³/mol. The number of hydrogen-bond acceptors (Lipinski definition) is 7. The molecule has 0 bridgehead atoms. The number of aliphatic carboxylic acids is 1. The molecular formula is C24H24N2O7S. The molecule has 9 nitrogen and oxygen atoms in total. The Kier molecular flexibility index (Phi) is 7.62. The maximum Gasteiger partial charge on any atom is 0.344 e. The van der Waals surface area contributed by atoms with Crippen molar-refractivity contribution in [2.24, 2.45) is 0 Å². The first-order valence-corrected chi connectivity index (χ1v) is 11.1. The summed E-state index contributed by atoms with van der Waals surface area (Å²) in [7, 11) is 1.40. The van der Waals surface area contributed by atoms with Crippen molar-refractivity contribution in [3.05, 3.63) is 58.0 Å². The summed E-state index contributed by atoms with van der Waals surface area (Å²) in [6, 6.07) is 10.3. The minimum Gasteiger partial charge on any atom is -0.493 e. The average molecular weight is 485 g/mol. The predicted octanol–water partition coefficient (Wildman–Crippen LogP) is 3.84. The molecule has 0 radical (unpaired) electrons. The molecular weight excluding hydrogens is 460 g/mol. The Balaban J connectivity index is 1.73. The number of imide groups is 1. The van der Waals surface area contributed by atoms with Crippen molar-refractivity contribution >= 4 is 46.5 Å². The fourth-order valence-corrected chi connectivity index (χ4v) is 3.94. The largest absolute Gasteiger partial charge is 0.493 e. The second kappa shape index (κ2) is 10.4. The van der Waals surface area contributed by atoms with E-state index in [1.165, 1.54) is 26.2 Å². The number of nitrogens with one attached hydrogen (secondary N) is 1. The molecule has 178 valence electrons. The summed E-state index contributed by atoms with van der Waals surface area (Å²) in [5.74, 6) is -1.68. The van der Waals surface area contributed by atoms with Crippen molar-refractivity contribution in [1.29, 1.82) is 0 Å². The maximum atomic E-state index is 12.8. The first-order valence-electron chi connectivity index (χ1n) is 10.3. The first kappa shape index (κ1) is 24.8. The van der Waals surface area contributed by atoms with Crippen LogP contribution in [0.25, 0.3) is 6.08 Å². The topological polar surface area (TPSA) is 122 Å². The molecule has 2 N–H and O–H groups in total. The van der Waals surface area contributed by atoms with Crippen LogP contribution < -0.4 is 14.8 Å². The summed E-state index contributed by atoms with van der Waals surface area (Å²) in [4.78, 5) is 49.7. The lowest BCUT2D eigenvalue weighted by Crippen LogP contribution is -2.36. The Morgan fingerprint density at radius 2 is 1.88 bits per heavy atom. The summed E-state index contributed by atoms with van der Waals surface area (Å²) in [5, 5.41) is 11.2. The van der Waals surface area contributed by atoms with E-state index in [-0.39, 0.29) is 16.4 Å². The van der Waals surface area contributed by atoms with E-state index in [1.807, 2.05) is 32.0 Å². The Bertz CT molecular complexity index is 1190. The first-order chi connectivity index (χ1) is 16.1. The van der Waals surface area contributed by atoms with Crippen LogP contribution in [0.1, 0.15) is 23.6 Å². The Hall–Kier alpha value is -3.79. The summed E-state index contributed by atoms with van der Waals surface area (Å²) < 4.78 is 10.6. The van der Waals surface area contributed by atoms with Gasteiger partial charge in [-0.1, -0.05) is 18.2 Å². The van der Waals surface area contributed by atoms with Gasteiger partial charge >= 0.3 is 5.97 Å². The van der Waals surface area contributed by atoms with E-state index in [9.17, 15) is 19.2 Å². The van der Waals surface area contributed by atoms with Gasteiger partial charge in [0.1, 0.15) is 6.54 Å². The zero-order chi connectivity index (χ0) is 25.0. The summed E-state index contributed by atoms with van der Waals surface area (Å²) in [6.45, 7) is 4.74. The molecule has 0 aromatic heterocycles. The normalized spacial score (nSPS) is 15.4. The fourth-order valence-electron chi connectivity index (χ4n) is 3.10. The lowest BCUT2D eigenvalue weighted by atomic mass is 10.1. The average Bonchev–Trinajstić information content (AvgIpc) is 3.04. The van der Waals surface area contributed by atoms with Gasteiger partial charge in [-0.2, -0.15) is 0 Å². The van der Waals surface area contributed by atoms with E-state index < -0.39 is 35.7 Å². The van der Waals surface area contributed by atoms with Crippen molar-refractivity contribution in [2.75, 3.05) is 19.0 Å². The number of rotatable bonds is 8. The molecule has 3 amide bonds. The smallest absolute Gasteiger partial charge is 0.344 e. The maximum absolute atomic E-state index is 12.8. The van der Waals surface area contributed by atoms with Gasteiger partial charge in [0, 0.05) is 5.69 Å². The number of carboxylic acid groups (broad SMARTS) is 1. The molecule has 34 heavy (non-hydrogen) atoms. The van der Waals surface area contributed by atoms with Gasteiger partial charge in [0.2, 0.25) is 5.91 Å². The van der Waals surface area contributed by atoms with Crippen LogP contribution in [0.2, 0.25) is 0 Å². The second-order valence-corrected chi connectivity index (χ2v) is 8.64. The number of methoxy groups -OCH3 is 1. The molecule has 3 rings (SSSR count). The molecule has 1 saturated heterocycles. The highest BCUT2D eigenvalue weighted by Crippen LogP contribution is 2.35. The molecule has 1 atom stereocenters. The number of nitrogens with zero attached hydrogens (tertiary/aromatic N) is 1. The number of ether oxygens (including phenoxy) is 2. The van der Waals surface area contributed by atoms with E-state index in [0.717, 1.165) is 27.8 Å². The Labute approximate surface area is 200 Å². The number of carbonyl (C=O) groups is 4. The van der Waals surface area contributed by atoms with E-state index in [1.54, 1.807) is 12.1 Å². The fraction of sp³-hybridized carbons (Fsp3) is 0.250. The Morgan fingerprint density at radius 1 is 1.15 bits per heavy atom. The van der Waals surface area contributed by atoms with Gasteiger partial charge in [-0.25, -0.2) is 4.79 Å². The van der Waals surface area contributed by atoms with Gasteiger partial charge in [-0.3, -0.25) is 19.3 Å². The number of hydrogen-bond donors (Lipinski definition) is 2. The van der Waals surface area contributed by atoms with Crippen LogP contribution in [0.15, 0.2) is 41.3 Å². The zero-order valence-electron chi connectivity index (χ0n) is 19.1. The molecule has 10 heteroatoms. The van der Waals surface area contributed by atoms with Crippen molar-refractivity contribution in [1.82, 2.24) is 4.90 Å². The molecule has 0 unspecified atom stereocenters. The number of thioether (sulfide) groups is 1. The van der Waals surface area contributed by atoms with Crippen LogP contribution in [-0.4, -0.2) is 52.8 Å². The number of benzene rings is 2. The van der Waals surface area contributed by atoms with E-state index in [2.05, 4.69) is 5.32 Å². The number of carboxylic acids is 1. The van der Waals surface area contributed by atoms with Gasteiger partial charge in [-0.15, -0.1) is 0 Å². The van der Waals surface area contributed by atoms with E-state index >= 15 is 0 Å². The lowest BCUT2D eigenvalue weighted by molar-refractivity contribution is -0.144. The molecule has 1 aliphatic heterocycles. The molecule has 1 fully saturated rings. The van der Waals surface area contributed by atoms with Crippen LogP contribution in [0, 0.1) is 13.8 Å². The van der Waals surface area contributed by atoms with E-state index in [0.29, 0.717) is 11.3 Å². The van der Waals surface area contributed by atoms with Gasteiger partial charge in [-0.05, 0) is 73.5 Å². The van der Waals surface area contributed by atoms with Crippen LogP contribution in [0.3, 0.4) is 0 Å². The van der Waals surface area contributed by atoms with Crippen molar-refractivity contribution in [3.63, 3.8) is 0 Å². The summed E-state index contributed by atoms with van der Waals surface area (Å²) >= 11 is 0.731.